The van der Waals surface area contributed by atoms with E-state index in [0.29, 0.717) is 29.2 Å². The SMILES string of the molecule is COc1cc(OC)c(C(O)Cc2cc(Br)cs2)cc1OC. The Hall–Kier alpha value is -1.24. The summed E-state index contributed by atoms with van der Waals surface area (Å²) >= 11 is 5.02. The van der Waals surface area contributed by atoms with E-state index in [1.54, 1.807) is 44.8 Å². The van der Waals surface area contributed by atoms with Crippen LogP contribution in [0.25, 0.3) is 0 Å². The van der Waals surface area contributed by atoms with Gasteiger partial charge in [0.1, 0.15) is 5.75 Å². The van der Waals surface area contributed by atoms with Crippen molar-refractivity contribution in [2.24, 2.45) is 0 Å². The standard InChI is InChI=1S/C15H17BrO4S/c1-18-13-7-15(20-3)14(19-2)6-11(13)12(17)5-10-4-9(16)8-21-10/h4,6-8,12,17H,5H2,1-3H3. The molecule has 6 heteroatoms. The van der Waals surface area contributed by atoms with Gasteiger partial charge in [0.15, 0.2) is 11.5 Å². The van der Waals surface area contributed by atoms with Crippen molar-refractivity contribution in [2.75, 3.05) is 21.3 Å². The molecular formula is C15H17BrO4S. The first kappa shape index (κ1) is 16.1. The fourth-order valence-corrected chi connectivity index (χ4v) is 3.56. The van der Waals surface area contributed by atoms with E-state index in [9.17, 15) is 5.11 Å². The Morgan fingerprint density at radius 2 is 1.67 bits per heavy atom. The van der Waals surface area contributed by atoms with Crippen LogP contribution in [0.2, 0.25) is 0 Å². The Kier molecular flexibility index (Phi) is 5.50. The predicted molar refractivity (Wildman–Crippen MR) is 86.8 cm³/mol. The van der Waals surface area contributed by atoms with Crippen molar-refractivity contribution in [3.05, 3.63) is 38.5 Å². The number of rotatable bonds is 6. The monoisotopic (exact) mass is 372 g/mol. The van der Waals surface area contributed by atoms with Crippen molar-refractivity contribution < 1.29 is 19.3 Å². The van der Waals surface area contributed by atoms with E-state index in [4.69, 9.17) is 14.2 Å². The lowest BCUT2D eigenvalue weighted by Gasteiger charge is -2.17. The third-order valence-corrected chi connectivity index (χ3v) is 4.83. The Bertz CT molecular complexity index is 612. The van der Waals surface area contributed by atoms with Crippen molar-refractivity contribution in [1.29, 1.82) is 0 Å². The molecule has 0 aliphatic carbocycles. The van der Waals surface area contributed by atoms with Gasteiger partial charge in [-0.05, 0) is 28.1 Å². The number of benzene rings is 1. The highest BCUT2D eigenvalue weighted by Gasteiger charge is 2.19. The summed E-state index contributed by atoms with van der Waals surface area (Å²) in [6.45, 7) is 0. The lowest BCUT2D eigenvalue weighted by atomic mass is 10.0. The third-order valence-electron chi connectivity index (χ3n) is 3.11. The van der Waals surface area contributed by atoms with E-state index >= 15 is 0 Å². The Labute approximate surface area is 136 Å². The molecule has 1 N–H and O–H groups in total. The average Bonchev–Trinajstić information content (AvgIpc) is 2.90. The molecule has 0 amide bonds. The third kappa shape index (κ3) is 3.70. The molecule has 1 atom stereocenters. The molecule has 0 spiro atoms. The molecule has 0 bridgehead atoms. The first-order chi connectivity index (χ1) is 10.1. The first-order valence-corrected chi connectivity index (χ1v) is 7.97. The fraction of sp³-hybridized carbons (Fsp3) is 0.333. The van der Waals surface area contributed by atoms with E-state index in [2.05, 4.69) is 15.9 Å². The molecule has 0 fully saturated rings. The number of ether oxygens (including phenoxy) is 3. The van der Waals surface area contributed by atoms with Gasteiger partial charge in [-0.15, -0.1) is 11.3 Å². The molecule has 21 heavy (non-hydrogen) atoms. The van der Waals surface area contributed by atoms with Gasteiger partial charge in [0.25, 0.3) is 0 Å². The van der Waals surface area contributed by atoms with Crippen LogP contribution in [0.5, 0.6) is 17.2 Å². The summed E-state index contributed by atoms with van der Waals surface area (Å²) in [7, 11) is 4.70. The van der Waals surface area contributed by atoms with Crippen LogP contribution in [-0.2, 0) is 6.42 Å². The first-order valence-electron chi connectivity index (χ1n) is 6.30. The second kappa shape index (κ2) is 7.15. The van der Waals surface area contributed by atoms with E-state index in [1.807, 2.05) is 11.4 Å². The number of hydrogen-bond acceptors (Lipinski definition) is 5. The van der Waals surface area contributed by atoms with Gasteiger partial charge < -0.3 is 19.3 Å². The minimum absolute atomic E-state index is 0.516. The van der Waals surface area contributed by atoms with E-state index < -0.39 is 6.10 Å². The molecule has 1 aromatic carbocycles. The Morgan fingerprint density at radius 1 is 1.05 bits per heavy atom. The normalized spacial score (nSPS) is 12.0. The number of methoxy groups -OCH3 is 3. The maximum atomic E-state index is 10.5. The second-order valence-corrected chi connectivity index (χ2v) is 6.31. The minimum Gasteiger partial charge on any atom is -0.496 e. The lowest BCUT2D eigenvalue weighted by molar-refractivity contribution is 0.174. The minimum atomic E-state index is -0.676. The average molecular weight is 373 g/mol. The molecule has 2 rings (SSSR count). The molecule has 4 nitrogen and oxygen atoms in total. The van der Waals surface area contributed by atoms with Gasteiger partial charge in [-0.3, -0.25) is 0 Å². The van der Waals surface area contributed by atoms with Gasteiger partial charge in [0.2, 0.25) is 0 Å². The highest BCUT2D eigenvalue weighted by atomic mass is 79.9. The molecule has 114 valence electrons. The molecule has 0 aliphatic rings. The molecule has 1 heterocycles. The summed E-state index contributed by atoms with van der Waals surface area (Å²) in [5.41, 5.74) is 0.680. The maximum Gasteiger partial charge on any atom is 0.164 e. The van der Waals surface area contributed by atoms with E-state index in [0.717, 1.165) is 9.35 Å². The largest absolute Gasteiger partial charge is 0.496 e. The van der Waals surface area contributed by atoms with Crippen molar-refractivity contribution in [1.82, 2.24) is 0 Å². The van der Waals surface area contributed by atoms with Gasteiger partial charge in [-0.1, -0.05) is 0 Å². The van der Waals surface area contributed by atoms with Gasteiger partial charge in [0.05, 0.1) is 27.4 Å². The predicted octanol–water partition coefficient (Wildman–Crippen LogP) is 3.81. The van der Waals surface area contributed by atoms with E-state index in [1.165, 1.54) is 0 Å². The van der Waals surface area contributed by atoms with Gasteiger partial charge in [-0.2, -0.15) is 0 Å². The number of hydrogen-bond donors (Lipinski definition) is 1. The summed E-state index contributed by atoms with van der Waals surface area (Å²) < 4.78 is 16.9. The van der Waals surface area contributed by atoms with Crippen LogP contribution in [0.3, 0.4) is 0 Å². The van der Waals surface area contributed by atoms with Crippen molar-refractivity contribution in [3.63, 3.8) is 0 Å². The van der Waals surface area contributed by atoms with Gasteiger partial charge >= 0.3 is 0 Å². The zero-order valence-electron chi connectivity index (χ0n) is 12.1. The van der Waals surface area contributed by atoms with Crippen molar-refractivity contribution >= 4 is 27.3 Å². The maximum absolute atomic E-state index is 10.5. The summed E-state index contributed by atoms with van der Waals surface area (Å²) in [5, 5.41) is 12.5. The number of aliphatic hydroxyl groups excluding tert-OH is 1. The molecule has 0 saturated heterocycles. The van der Waals surface area contributed by atoms with Crippen LogP contribution in [-0.4, -0.2) is 26.4 Å². The van der Waals surface area contributed by atoms with Crippen molar-refractivity contribution in [2.45, 2.75) is 12.5 Å². The highest BCUT2D eigenvalue weighted by Crippen LogP contribution is 2.38. The smallest absolute Gasteiger partial charge is 0.164 e. The Balaban J connectivity index is 2.32. The van der Waals surface area contributed by atoms with Crippen LogP contribution in [0.4, 0.5) is 0 Å². The molecule has 2 aromatic rings. The van der Waals surface area contributed by atoms with Gasteiger partial charge in [0, 0.05) is 32.8 Å². The molecule has 1 unspecified atom stereocenters. The van der Waals surface area contributed by atoms with Crippen molar-refractivity contribution in [3.8, 4) is 17.2 Å². The van der Waals surface area contributed by atoms with Crippen LogP contribution >= 0.6 is 27.3 Å². The quantitative estimate of drug-likeness (QED) is 0.837. The highest BCUT2D eigenvalue weighted by molar-refractivity contribution is 9.10. The molecule has 0 aliphatic heterocycles. The lowest BCUT2D eigenvalue weighted by Crippen LogP contribution is -2.05. The van der Waals surface area contributed by atoms with Crippen LogP contribution in [0.15, 0.2) is 28.1 Å². The number of halogens is 1. The second-order valence-electron chi connectivity index (χ2n) is 4.40. The Morgan fingerprint density at radius 3 is 2.19 bits per heavy atom. The topological polar surface area (TPSA) is 47.9 Å². The number of aliphatic hydroxyl groups is 1. The fourth-order valence-electron chi connectivity index (χ4n) is 2.07. The summed E-state index contributed by atoms with van der Waals surface area (Å²) in [4.78, 5) is 1.09. The zero-order valence-corrected chi connectivity index (χ0v) is 14.5. The summed E-state index contributed by atoms with van der Waals surface area (Å²) in [6.07, 6.45) is -0.160. The molecule has 0 saturated carbocycles. The van der Waals surface area contributed by atoms with Gasteiger partial charge in [-0.25, -0.2) is 0 Å². The molecular weight excluding hydrogens is 356 g/mol. The number of thiophene rings is 1. The van der Waals surface area contributed by atoms with E-state index in [-0.39, 0.29) is 0 Å². The zero-order chi connectivity index (χ0) is 15.4. The summed E-state index contributed by atoms with van der Waals surface area (Å²) in [5.74, 6) is 1.72. The van der Waals surface area contributed by atoms with Crippen LogP contribution < -0.4 is 14.2 Å². The van der Waals surface area contributed by atoms with Crippen LogP contribution in [0, 0.1) is 0 Å². The van der Waals surface area contributed by atoms with Crippen LogP contribution in [0.1, 0.15) is 16.5 Å². The molecule has 1 aromatic heterocycles. The summed E-state index contributed by atoms with van der Waals surface area (Å²) in [6, 6.07) is 5.48. The molecule has 0 radical (unpaired) electrons.